The summed E-state index contributed by atoms with van der Waals surface area (Å²) in [5.41, 5.74) is 2.06. The number of carbonyl (C=O) groups excluding carboxylic acids is 1. The summed E-state index contributed by atoms with van der Waals surface area (Å²) in [7, 11) is 3.00. The average Bonchev–Trinajstić information content (AvgIpc) is 2.82. The topological polar surface area (TPSA) is 77.8 Å². The van der Waals surface area contributed by atoms with Crippen LogP contribution in [0.5, 0.6) is 23.0 Å². The van der Waals surface area contributed by atoms with Crippen molar-refractivity contribution in [3.05, 3.63) is 83.9 Å². The standard InChI is InChI=1S/C25H21NO5/c1-28-21-10-6-7-11-22(21)30-17-25(27)31-23-13-12-18(15-24(23)29-2)14-20(16-26)19-8-4-3-5-9-19/h3-15H,17H2,1-2H3/b20-14-. The van der Waals surface area contributed by atoms with Crippen LogP contribution in [0.25, 0.3) is 11.6 Å². The number of benzene rings is 3. The lowest BCUT2D eigenvalue weighted by atomic mass is 10.0. The third kappa shape index (κ3) is 5.64. The number of allylic oxidation sites excluding steroid dienone is 1. The van der Waals surface area contributed by atoms with Crippen molar-refractivity contribution in [3.8, 4) is 29.1 Å². The zero-order chi connectivity index (χ0) is 22.1. The Balaban J connectivity index is 1.72. The summed E-state index contributed by atoms with van der Waals surface area (Å²) < 4.78 is 21.4. The van der Waals surface area contributed by atoms with Gasteiger partial charge in [-0.2, -0.15) is 5.26 Å². The predicted octanol–water partition coefficient (Wildman–Crippen LogP) is 4.75. The Labute approximate surface area is 180 Å². The van der Waals surface area contributed by atoms with Crippen molar-refractivity contribution < 1.29 is 23.7 Å². The molecule has 6 nitrogen and oxygen atoms in total. The molecule has 0 amide bonds. The van der Waals surface area contributed by atoms with Gasteiger partial charge in [0, 0.05) is 0 Å². The van der Waals surface area contributed by atoms with Crippen molar-refractivity contribution in [2.75, 3.05) is 20.8 Å². The molecule has 0 aliphatic heterocycles. The SMILES string of the molecule is COc1ccccc1OCC(=O)Oc1ccc(/C=C(/C#N)c2ccccc2)cc1OC. The number of methoxy groups -OCH3 is 2. The Hall–Kier alpha value is -4.24. The molecule has 0 aliphatic rings. The molecule has 0 unspecified atom stereocenters. The van der Waals surface area contributed by atoms with Crippen molar-refractivity contribution in [2.45, 2.75) is 0 Å². The number of nitriles is 1. The summed E-state index contributed by atoms with van der Waals surface area (Å²) in [6.45, 7) is -0.294. The molecule has 3 aromatic rings. The second-order valence-corrected chi connectivity index (χ2v) is 6.36. The number of esters is 1. The second-order valence-electron chi connectivity index (χ2n) is 6.36. The molecule has 0 aromatic heterocycles. The highest BCUT2D eigenvalue weighted by Crippen LogP contribution is 2.30. The normalized spacial score (nSPS) is 10.7. The summed E-state index contributed by atoms with van der Waals surface area (Å²) in [5, 5.41) is 9.49. The molecule has 0 spiro atoms. The quantitative estimate of drug-likeness (QED) is 0.229. The number of ether oxygens (including phenoxy) is 4. The number of rotatable bonds is 8. The van der Waals surface area contributed by atoms with Gasteiger partial charge in [0.05, 0.1) is 25.9 Å². The van der Waals surface area contributed by atoms with Crippen LogP contribution < -0.4 is 18.9 Å². The van der Waals surface area contributed by atoms with Gasteiger partial charge in [0.1, 0.15) is 0 Å². The minimum atomic E-state index is -0.588. The second kappa shape index (κ2) is 10.5. The van der Waals surface area contributed by atoms with E-state index in [1.165, 1.54) is 14.2 Å². The Morgan fingerprint density at radius 3 is 2.23 bits per heavy atom. The number of hydrogen-bond acceptors (Lipinski definition) is 6. The average molecular weight is 415 g/mol. The van der Waals surface area contributed by atoms with Crippen molar-refractivity contribution in [2.24, 2.45) is 0 Å². The van der Waals surface area contributed by atoms with Crippen LogP contribution >= 0.6 is 0 Å². The first kappa shape index (κ1) is 21.5. The first-order valence-electron chi connectivity index (χ1n) is 9.46. The van der Waals surface area contributed by atoms with Crippen LogP contribution in [0, 0.1) is 11.3 Å². The van der Waals surface area contributed by atoms with Crippen LogP contribution in [0.2, 0.25) is 0 Å². The molecule has 0 heterocycles. The van der Waals surface area contributed by atoms with Gasteiger partial charge in [-0.3, -0.25) is 0 Å². The van der Waals surface area contributed by atoms with E-state index in [-0.39, 0.29) is 12.4 Å². The van der Waals surface area contributed by atoms with E-state index < -0.39 is 5.97 Å². The maximum atomic E-state index is 12.2. The van der Waals surface area contributed by atoms with Gasteiger partial charge in [-0.25, -0.2) is 4.79 Å². The molecule has 0 radical (unpaired) electrons. The van der Waals surface area contributed by atoms with Gasteiger partial charge in [-0.15, -0.1) is 0 Å². The van der Waals surface area contributed by atoms with E-state index in [9.17, 15) is 10.1 Å². The van der Waals surface area contributed by atoms with Gasteiger partial charge in [0.2, 0.25) is 0 Å². The van der Waals surface area contributed by atoms with E-state index in [0.717, 1.165) is 11.1 Å². The molecular weight excluding hydrogens is 394 g/mol. The number of para-hydroxylation sites is 2. The maximum absolute atomic E-state index is 12.2. The van der Waals surface area contributed by atoms with Crippen LogP contribution in [0.15, 0.2) is 72.8 Å². The Kier molecular flexibility index (Phi) is 7.28. The Morgan fingerprint density at radius 1 is 0.871 bits per heavy atom. The van der Waals surface area contributed by atoms with Crippen molar-refractivity contribution in [3.63, 3.8) is 0 Å². The lowest BCUT2D eigenvalue weighted by Gasteiger charge is -2.12. The first-order valence-corrected chi connectivity index (χ1v) is 9.46. The van der Waals surface area contributed by atoms with Crippen LogP contribution in [-0.4, -0.2) is 26.8 Å². The fraction of sp³-hybridized carbons (Fsp3) is 0.120. The molecule has 3 rings (SSSR count). The summed E-state index contributed by atoms with van der Waals surface area (Å²) in [4.78, 5) is 12.2. The molecule has 6 heteroatoms. The fourth-order valence-electron chi connectivity index (χ4n) is 2.85. The molecule has 156 valence electrons. The van der Waals surface area contributed by atoms with Crippen molar-refractivity contribution in [1.82, 2.24) is 0 Å². The Morgan fingerprint density at radius 2 is 1.55 bits per heavy atom. The van der Waals surface area contributed by atoms with Gasteiger partial charge >= 0.3 is 5.97 Å². The summed E-state index contributed by atoms with van der Waals surface area (Å²) in [6.07, 6.45) is 1.74. The van der Waals surface area contributed by atoms with E-state index >= 15 is 0 Å². The van der Waals surface area contributed by atoms with Gasteiger partial charge in [0.25, 0.3) is 0 Å². The van der Waals surface area contributed by atoms with Crippen LogP contribution in [0.1, 0.15) is 11.1 Å². The first-order chi connectivity index (χ1) is 15.1. The largest absolute Gasteiger partial charge is 0.493 e. The maximum Gasteiger partial charge on any atom is 0.349 e. The summed E-state index contributed by atoms with van der Waals surface area (Å²) in [6, 6.07) is 23.6. The van der Waals surface area contributed by atoms with Crippen molar-refractivity contribution >= 4 is 17.6 Å². The Bertz CT molecular complexity index is 1120. The summed E-state index contributed by atoms with van der Waals surface area (Å²) >= 11 is 0. The minimum Gasteiger partial charge on any atom is -0.493 e. The summed E-state index contributed by atoms with van der Waals surface area (Å²) in [5.74, 6) is 1.00. The predicted molar refractivity (Wildman–Crippen MR) is 117 cm³/mol. The van der Waals surface area contributed by atoms with E-state index in [0.29, 0.717) is 22.8 Å². The molecule has 3 aromatic carbocycles. The van der Waals surface area contributed by atoms with E-state index in [1.807, 2.05) is 30.3 Å². The third-order valence-electron chi connectivity index (χ3n) is 4.34. The number of nitrogens with zero attached hydrogens (tertiary/aromatic N) is 1. The van der Waals surface area contributed by atoms with Crippen LogP contribution in [-0.2, 0) is 4.79 Å². The highest BCUT2D eigenvalue weighted by molar-refractivity contribution is 5.89. The molecule has 0 fully saturated rings. The molecule has 0 atom stereocenters. The number of hydrogen-bond donors (Lipinski definition) is 0. The number of carbonyl (C=O) groups is 1. The van der Waals surface area contributed by atoms with Gasteiger partial charge in [-0.05, 0) is 41.5 Å². The smallest absolute Gasteiger partial charge is 0.349 e. The van der Waals surface area contributed by atoms with E-state index in [2.05, 4.69) is 6.07 Å². The lowest BCUT2D eigenvalue weighted by Crippen LogP contribution is -2.18. The lowest BCUT2D eigenvalue weighted by molar-refractivity contribution is -0.136. The van der Waals surface area contributed by atoms with Gasteiger partial charge in [0.15, 0.2) is 29.6 Å². The molecule has 0 saturated carbocycles. The van der Waals surface area contributed by atoms with Crippen molar-refractivity contribution in [1.29, 1.82) is 5.26 Å². The molecular formula is C25H21NO5. The fourth-order valence-corrected chi connectivity index (χ4v) is 2.85. The molecule has 0 saturated heterocycles. The highest BCUT2D eigenvalue weighted by atomic mass is 16.6. The third-order valence-corrected chi connectivity index (χ3v) is 4.34. The molecule has 0 bridgehead atoms. The zero-order valence-corrected chi connectivity index (χ0v) is 17.2. The van der Waals surface area contributed by atoms with Gasteiger partial charge in [-0.1, -0.05) is 48.5 Å². The molecule has 0 N–H and O–H groups in total. The molecule has 0 aliphatic carbocycles. The highest BCUT2D eigenvalue weighted by Gasteiger charge is 2.13. The molecule has 31 heavy (non-hydrogen) atoms. The van der Waals surface area contributed by atoms with E-state index in [1.54, 1.807) is 48.5 Å². The monoisotopic (exact) mass is 415 g/mol. The zero-order valence-electron chi connectivity index (χ0n) is 17.2. The van der Waals surface area contributed by atoms with Gasteiger partial charge < -0.3 is 18.9 Å². The van der Waals surface area contributed by atoms with Crippen LogP contribution in [0.3, 0.4) is 0 Å². The van der Waals surface area contributed by atoms with E-state index in [4.69, 9.17) is 18.9 Å². The minimum absolute atomic E-state index is 0.256. The van der Waals surface area contributed by atoms with Crippen LogP contribution in [0.4, 0.5) is 0 Å².